The van der Waals surface area contributed by atoms with Crippen molar-refractivity contribution in [1.29, 1.82) is 0 Å². The predicted molar refractivity (Wildman–Crippen MR) is 206 cm³/mol. The number of hydrogen-bond donors (Lipinski definition) is 2. The highest BCUT2D eigenvalue weighted by molar-refractivity contribution is 9.10. The summed E-state index contributed by atoms with van der Waals surface area (Å²) in [7, 11) is 0. The maximum Gasteiger partial charge on any atom is 0.255 e. The Balaban J connectivity index is 1.41. The van der Waals surface area contributed by atoms with E-state index in [1.54, 1.807) is 22.9 Å². The number of halogens is 4. The van der Waals surface area contributed by atoms with Crippen molar-refractivity contribution >= 4 is 80.0 Å². The number of nitrogens with one attached hydrogen (secondary N) is 2. The third-order valence-electron chi connectivity index (χ3n) is 8.32. The summed E-state index contributed by atoms with van der Waals surface area (Å²) in [5.74, 6) is 1.74. The summed E-state index contributed by atoms with van der Waals surface area (Å²) < 4.78 is 14.7. The molecule has 2 heterocycles. The van der Waals surface area contributed by atoms with Crippen molar-refractivity contribution in [1.82, 2.24) is 14.8 Å². The van der Waals surface area contributed by atoms with E-state index in [1.807, 2.05) is 82.3 Å². The number of hydrogen-bond acceptors (Lipinski definition) is 7. The molecule has 5 aromatic rings. The zero-order valence-corrected chi connectivity index (χ0v) is 32.3. The molecule has 13 heteroatoms. The van der Waals surface area contributed by atoms with Crippen LogP contribution in [-0.4, -0.2) is 27.3 Å². The lowest BCUT2D eigenvalue weighted by molar-refractivity contribution is -0.113. The summed E-state index contributed by atoms with van der Waals surface area (Å²) in [6.07, 6.45) is 0. The smallest absolute Gasteiger partial charge is 0.255 e. The van der Waals surface area contributed by atoms with Gasteiger partial charge >= 0.3 is 0 Å². The molecule has 1 aliphatic heterocycles. The molecular weight excluding hydrogens is 781 g/mol. The second-order valence-electron chi connectivity index (χ2n) is 11.6. The Morgan fingerprint density at radius 1 is 0.980 bits per heavy atom. The molecule has 50 heavy (non-hydrogen) atoms. The van der Waals surface area contributed by atoms with Crippen LogP contribution >= 0.6 is 62.5 Å². The molecule has 0 fully saturated rings. The molecule has 1 atom stereocenters. The molecule has 0 saturated heterocycles. The molecule has 2 N–H and O–H groups in total. The first-order chi connectivity index (χ1) is 24.0. The van der Waals surface area contributed by atoms with Gasteiger partial charge in [0.2, 0.25) is 11.1 Å². The van der Waals surface area contributed by atoms with Crippen molar-refractivity contribution in [2.24, 2.45) is 0 Å². The molecule has 0 radical (unpaired) electrons. The first-order valence-corrected chi connectivity index (χ1v) is 18.7. The van der Waals surface area contributed by atoms with Crippen LogP contribution in [0.15, 0.2) is 93.7 Å². The highest BCUT2D eigenvalue weighted by Crippen LogP contribution is 2.44. The van der Waals surface area contributed by atoms with Crippen LogP contribution in [0, 0.1) is 13.8 Å². The quantitative estimate of drug-likeness (QED) is 0.128. The topological polar surface area (TPSA) is 90.3 Å². The van der Waals surface area contributed by atoms with Crippen LogP contribution in [0.25, 0.3) is 0 Å². The second-order valence-corrected chi connectivity index (χ2v) is 14.6. The van der Waals surface area contributed by atoms with Crippen LogP contribution in [0.1, 0.15) is 47.7 Å². The van der Waals surface area contributed by atoms with Gasteiger partial charge in [-0.1, -0.05) is 83.0 Å². The highest BCUT2D eigenvalue weighted by atomic mass is 79.9. The molecule has 1 unspecified atom stereocenters. The lowest BCUT2D eigenvalue weighted by Gasteiger charge is -2.29. The van der Waals surface area contributed by atoms with Gasteiger partial charge in [0, 0.05) is 37.8 Å². The first kappa shape index (κ1) is 36.1. The number of aromatic nitrogens is 3. The minimum Gasteiger partial charge on any atom is -0.490 e. The van der Waals surface area contributed by atoms with Gasteiger partial charge in [0.15, 0.2) is 11.5 Å². The summed E-state index contributed by atoms with van der Waals surface area (Å²) in [6, 6.07) is 21.9. The van der Waals surface area contributed by atoms with Gasteiger partial charge in [-0.05, 0) is 102 Å². The number of thioether (sulfide) groups is 1. The number of nitrogens with zero attached hydrogens (tertiary/aromatic N) is 3. The fourth-order valence-electron chi connectivity index (χ4n) is 5.59. The van der Waals surface area contributed by atoms with E-state index >= 15 is 0 Å². The number of allylic oxidation sites excluding steroid dienone is 1. The summed E-state index contributed by atoms with van der Waals surface area (Å²) in [5.41, 5.74) is 6.26. The number of carbonyl (C=O) groups is 1. The van der Waals surface area contributed by atoms with Gasteiger partial charge < -0.3 is 20.1 Å². The van der Waals surface area contributed by atoms with Gasteiger partial charge in [0.05, 0.1) is 16.7 Å². The number of aryl methyl sites for hydroxylation is 1. The Hall–Kier alpha value is -3.67. The Morgan fingerprint density at radius 3 is 2.44 bits per heavy atom. The van der Waals surface area contributed by atoms with Gasteiger partial charge in [-0.25, -0.2) is 4.68 Å². The molecule has 1 aliphatic rings. The maximum absolute atomic E-state index is 14.3. The fraction of sp³-hybridized carbons (Fsp3) is 0.216. The van der Waals surface area contributed by atoms with E-state index in [1.165, 1.54) is 11.8 Å². The lowest BCUT2D eigenvalue weighted by Crippen LogP contribution is -2.31. The van der Waals surface area contributed by atoms with Gasteiger partial charge in [0.1, 0.15) is 12.6 Å². The van der Waals surface area contributed by atoms with E-state index in [0.29, 0.717) is 71.3 Å². The van der Waals surface area contributed by atoms with Gasteiger partial charge in [-0.3, -0.25) is 4.79 Å². The first-order valence-electron chi connectivity index (χ1n) is 15.8. The molecule has 0 saturated carbocycles. The minimum atomic E-state index is -0.680. The van der Waals surface area contributed by atoms with Crippen molar-refractivity contribution in [3.05, 3.63) is 131 Å². The third kappa shape index (κ3) is 7.65. The van der Waals surface area contributed by atoms with E-state index < -0.39 is 6.04 Å². The monoisotopic (exact) mass is 811 g/mol. The summed E-state index contributed by atoms with van der Waals surface area (Å²) in [5, 5.41) is 13.6. The molecule has 0 spiro atoms. The van der Waals surface area contributed by atoms with Gasteiger partial charge in [-0.15, -0.1) is 5.10 Å². The zero-order chi connectivity index (χ0) is 35.5. The van der Waals surface area contributed by atoms with Gasteiger partial charge in [-0.2, -0.15) is 4.98 Å². The number of ether oxygens (including phenoxy) is 2. The Kier molecular flexibility index (Phi) is 11.3. The molecule has 6 rings (SSSR count). The molecule has 1 aromatic heterocycles. The molecule has 4 aromatic carbocycles. The number of fused-ring (bicyclic) bond motifs is 1. The average Bonchev–Trinajstić information content (AvgIpc) is 3.48. The van der Waals surface area contributed by atoms with E-state index in [9.17, 15) is 4.79 Å². The molecule has 258 valence electrons. The molecular formula is C37H33BrCl3N5O3S. The molecule has 1 amide bonds. The minimum absolute atomic E-state index is 0.117. The summed E-state index contributed by atoms with van der Waals surface area (Å²) >= 11 is 24.5. The standard InChI is InChI=1S/C37H33BrCl3N5O3S/c1-5-48-31-17-24(16-26(38)34(31)49-18-25-28(40)13-9-14-29(25)41)33-32(35(47)43-30-15-8-10-20(2)21(30)3)22(4)42-36-44-37(45-46(33)36)50-19-23-11-6-7-12-27(23)39/h6-17,33H,5,18-19H2,1-4H3,(H,43,47)(H,42,44,45). The van der Waals surface area contributed by atoms with E-state index in [0.717, 1.165) is 27.9 Å². The highest BCUT2D eigenvalue weighted by Gasteiger charge is 2.36. The van der Waals surface area contributed by atoms with Crippen LogP contribution in [0.4, 0.5) is 11.6 Å². The zero-order valence-electron chi connectivity index (χ0n) is 27.6. The van der Waals surface area contributed by atoms with Crippen molar-refractivity contribution in [3.63, 3.8) is 0 Å². The normalized spacial score (nSPS) is 13.9. The Bertz CT molecular complexity index is 2100. The van der Waals surface area contributed by atoms with E-state index in [-0.39, 0.29) is 12.5 Å². The predicted octanol–water partition coefficient (Wildman–Crippen LogP) is 10.8. The number of rotatable bonds is 11. The molecule has 0 bridgehead atoms. The van der Waals surface area contributed by atoms with Crippen molar-refractivity contribution in [3.8, 4) is 11.5 Å². The van der Waals surface area contributed by atoms with Gasteiger partial charge in [0.25, 0.3) is 5.91 Å². The second kappa shape index (κ2) is 15.7. The molecule has 8 nitrogen and oxygen atoms in total. The van der Waals surface area contributed by atoms with E-state index in [4.69, 9.17) is 54.4 Å². The number of benzene rings is 4. The van der Waals surface area contributed by atoms with Crippen LogP contribution in [0.3, 0.4) is 0 Å². The largest absolute Gasteiger partial charge is 0.490 e. The SMILES string of the molecule is CCOc1cc(C2C(C(=O)Nc3cccc(C)c3C)=C(C)Nc3nc(SCc4ccccc4Cl)nn32)cc(Br)c1OCc1c(Cl)cccc1Cl. The fourth-order valence-corrected chi connectivity index (χ4v) is 7.79. The number of anilines is 2. The van der Waals surface area contributed by atoms with Crippen molar-refractivity contribution in [2.45, 2.75) is 51.3 Å². The summed E-state index contributed by atoms with van der Waals surface area (Å²) in [4.78, 5) is 19.1. The molecule has 0 aliphatic carbocycles. The Labute approximate surface area is 318 Å². The average molecular weight is 814 g/mol. The van der Waals surface area contributed by atoms with Crippen LogP contribution in [0.2, 0.25) is 15.1 Å². The summed E-state index contributed by atoms with van der Waals surface area (Å²) in [6.45, 7) is 8.25. The number of amides is 1. The van der Waals surface area contributed by atoms with Crippen LogP contribution in [0.5, 0.6) is 11.5 Å². The van der Waals surface area contributed by atoms with E-state index in [2.05, 4.69) is 26.6 Å². The van der Waals surface area contributed by atoms with Crippen LogP contribution < -0.4 is 20.1 Å². The number of carbonyl (C=O) groups excluding carboxylic acids is 1. The Morgan fingerprint density at radius 2 is 1.70 bits per heavy atom. The van der Waals surface area contributed by atoms with Crippen molar-refractivity contribution < 1.29 is 14.3 Å². The van der Waals surface area contributed by atoms with Crippen LogP contribution in [-0.2, 0) is 17.2 Å². The maximum atomic E-state index is 14.3. The van der Waals surface area contributed by atoms with Crippen molar-refractivity contribution in [2.75, 3.05) is 17.2 Å². The lowest BCUT2D eigenvalue weighted by atomic mass is 9.94. The third-order valence-corrected chi connectivity index (χ3v) is 10.9.